The third-order valence-electron chi connectivity index (χ3n) is 3.85. The van der Waals surface area contributed by atoms with Gasteiger partial charge < -0.3 is 15.2 Å². The summed E-state index contributed by atoms with van der Waals surface area (Å²) in [6.07, 6.45) is 0.575. The molecule has 0 aliphatic carbocycles. The highest BCUT2D eigenvalue weighted by molar-refractivity contribution is 5.78. The first-order chi connectivity index (χ1) is 9.95. The van der Waals surface area contributed by atoms with Crippen LogP contribution in [-0.4, -0.2) is 35.7 Å². The molecule has 1 aromatic carbocycles. The summed E-state index contributed by atoms with van der Waals surface area (Å²) in [7, 11) is 0. The minimum absolute atomic E-state index is 0.0689. The molecule has 0 saturated carbocycles. The fourth-order valence-corrected chi connectivity index (χ4v) is 2.43. The lowest BCUT2D eigenvalue weighted by atomic mass is 10.0. The Morgan fingerprint density at radius 1 is 1.29 bits per heavy atom. The molecule has 2 rings (SSSR count). The van der Waals surface area contributed by atoms with Gasteiger partial charge in [-0.2, -0.15) is 0 Å². The van der Waals surface area contributed by atoms with Crippen molar-refractivity contribution < 1.29 is 19.4 Å². The second-order valence-electron chi connectivity index (χ2n) is 5.56. The van der Waals surface area contributed by atoms with Crippen LogP contribution in [0.1, 0.15) is 29.5 Å². The zero-order valence-corrected chi connectivity index (χ0v) is 12.4. The van der Waals surface area contributed by atoms with Crippen LogP contribution in [0, 0.1) is 13.8 Å². The van der Waals surface area contributed by atoms with Gasteiger partial charge in [-0.3, -0.25) is 4.79 Å². The molecule has 1 aliphatic rings. The van der Waals surface area contributed by atoms with Gasteiger partial charge in [0.25, 0.3) is 0 Å². The van der Waals surface area contributed by atoms with Gasteiger partial charge in [0.2, 0.25) is 5.91 Å². The molecule has 5 nitrogen and oxygen atoms in total. The van der Waals surface area contributed by atoms with Crippen LogP contribution in [0.2, 0.25) is 0 Å². The third kappa shape index (κ3) is 4.29. The van der Waals surface area contributed by atoms with Gasteiger partial charge in [-0.05, 0) is 43.4 Å². The van der Waals surface area contributed by atoms with E-state index in [0.717, 1.165) is 5.56 Å². The van der Waals surface area contributed by atoms with Crippen molar-refractivity contribution in [3.8, 4) is 0 Å². The first-order valence-corrected chi connectivity index (χ1v) is 7.17. The van der Waals surface area contributed by atoms with Crippen molar-refractivity contribution in [2.45, 2.75) is 45.3 Å². The van der Waals surface area contributed by atoms with Crippen LogP contribution in [0.25, 0.3) is 0 Å². The summed E-state index contributed by atoms with van der Waals surface area (Å²) < 4.78 is 5.34. The molecule has 1 fully saturated rings. The third-order valence-corrected chi connectivity index (χ3v) is 3.85. The Morgan fingerprint density at radius 3 is 2.67 bits per heavy atom. The fraction of sp³-hybridized carbons (Fsp3) is 0.500. The van der Waals surface area contributed by atoms with Crippen molar-refractivity contribution in [2.24, 2.45) is 0 Å². The first kappa shape index (κ1) is 15.5. The topological polar surface area (TPSA) is 75.6 Å². The number of hydrogen-bond donors (Lipinski definition) is 2. The Bertz CT molecular complexity index is 541. The molecule has 21 heavy (non-hydrogen) atoms. The summed E-state index contributed by atoms with van der Waals surface area (Å²) in [5.41, 5.74) is 3.35. The van der Waals surface area contributed by atoms with E-state index in [1.54, 1.807) is 0 Å². The summed E-state index contributed by atoms with van der Waals surface area (Å²) in [6.45, 7) is 4.43. The van der Waals surface area contributed by atoms with Gasteiger partial charge in [-0.15, -0.1) is 0 Å². The monoisotopic (exact) mass is 291 g/mol. The lowest BCUT2D eigenvalue weighted by molar-refractivity contribution is -0.149. The number of benzene rings is 1. The molecule has 1 aromatic rings. The average molecular weight is 291 g/mol. The molecule has 1 amide bonds. The maximum absolute atomic E-state index is 11.9. The number of rotatable bonds is 5. The zero-order valence-electron chi connectivity index (χ0n) is 12.4. The van der Waals surface area contributed by atoms with Crippen molar-refractivity contribution in [1.82, 2.24) is 5.32 Å². The van der Waals surface area contributed by atoms with E-state index in [1.165, 1.54) is 11.1 Å². The van der Waals surface area contributed by atoms with E-state index in [4.69, 9.17) is 9.84 Å². The van der Waals surface area contributed by atoms with Crippen molar-refractivity contribution in [1.29, 1.82) is 0 Å². The van der Waals surface area contributed by atoms with Crippen LogP contribution in [0.3, 0.4) is 0 Å². The molecule has 1 saturated heterocycles. The molecule has 2 atom stereocenters. The number of carboxylic acid groups (broad SMARTS) is 1. The van der Waals surface area contributed by atoms with E-state index in [9.17, 15) is 9.59 Å². The van der Waals surface area contributed by atoms with Gasteiger partial charge in [0.15, 0.2) is 6.10 Å². The van der Waals surface area contributed by atoms with Crippen LogP contribution in [0.15, 0.2) is 18.2 Å². The van der Waals surface area contributed by atoms with Gasteiger partial charge in [-0.1, -0.05) is 18.2 Å². The first-order valence-electron chi connectivity index (χ1n) is 7.17. The average Bonchev–Trinajstić information content (AvgIpc) is 2.90. The Hall–Kier alpha value is -1.88. The SMILES string of the molecule is Cc1ccc(CC(=O)NCC2CCC(C(=O)O)O2)cc1C. The van der Waals surface area contributed by atoms with E-state index in [-0.39, 0.29) is 12.0 Å². The number of amides is 1. The second kappa shape index (κ2) is 6.72. The number of carbonyl (C=O) groups is 2. The number of aryl methyl sites for hydroxylation is 2. The Morgan fingerprint density at radius 2 is 2.05 bits per heavy atom. The smallest absolute Gasteiger partial charge is 0.332 e. The van der Waals surface area contributed by atoms with Gasteiger partial charge in [-0.25, -0.2) is 4.79 Å². The summed E-state index contributed by atoms with van der Waals surface area (Å²) in [6, 6.07) is 5.98. The molecule has 0 radical (unpaired) electrons. The highest BCUT2D eigenvalue weighted by Gasteiger charge is 2.30. The van der Waals surface area contributed by atoms with Crippen LogP contribution in [0.4, 0.5) is 0 Å². The predicted octanol–water partition coefficient (Wildman–Crippen LogP) is 1.59. The van der Waals surface area contributed by atoms with Crippen LogP contribution < -0.4 is 5.32 Å². The largest absolute Gasteiger partial charge is 0.479 e. The number of hydrogen-bond acceptors (Lipinski definition) is 3. The number of ether oxygens (including phenoxy) is 1. The summed E-state index contributed by atoms with van der Waals surface area (Å²) in [4.78, 5) is 22.7. The summed E-state index contributed by atoms with van der Waals surface area (Å²) >= 11 is 0. The number of nitrogens with one attached hydrogen (secondary N) is 1. The van der Waals surface area contributed by atoms with E-state index < -0.39 is 12.1 Å². The number of carbonyl (C=O) groups excluding carboxylic acids is 1. The van der Waals surface area contributed by atoms with E-state index in [1.807, 2.05) is 32.0 Å². The summed E-state index contributed by atoms with van der Waals surface area (Å²) in [5, 5.41) is 11.6. The van der Waals surface area contributed by atoms with E-state index in [2.05, 4.69) is 5.32 Å². The fourth-order valence-electron chi connectivity index (χ4n) is 2.43. The molecule has 5 heteroatoms. The molecule has 1 aliphatic heterocycles. The minimum Gasteiger partial charge on any atom is -0.479 e. The Balaban J connectivity index is 1.77. The molecule has 1 heterocycles. The van der Waals surface area contributed by atoms with Crippen molar-refractivity contribution in [2.75, 3.05) is 6.54 Å². The quantitative estimate of drug-likeness (QED) is 0.864. The van der Waals surface area contributed by atoms with Gasteiger partial charge in [0.1, 0.15) is 0 Å². The van der Waals surface area contributed by atoms with E-state index in [0.29, 0.717) is 25.8 Å². The molecular formula is C16H21NO4. The standard InChI is InChI=1S/C16H21NO4/c1-10-3-4-12(7-11(10)2)8-15(18)17-9-13-5-6-14(21-13)16(19)20/h3-4,7,13-14H,5-6,8-9H2,1-2H3,(H,17,18)(H,19,20). The van der Waals surface area contributed by atoms with Gasteiger partial charge in [0.05, 0.1) is 12.5 Å². The van der Waals surface area contributed by atoms with Crippen molar-refractivity contribution in [3.05, 3.63) is 34.9 Å². The molecular weight excluding hydrogens is 270 g/mol. The molecule has 0 bridgehead atoms. The van der Waals surface area contributed by atoms with Crippen LogP contribution in [0.5, 0.6) is 0 Å². The van der Waals surface area contributed by atoms with Crippen molar-refractivity contribution >= 4 is 11.9 Å². The normalized spacial score (nSPS) is 21.2. The summed E-state index contributed by atoms with van der Waals surface area (Å²) in [5.74, 6) is -1.00. The predicted molar refractivity (Wildman–Crippen MR) is 78.2 cm³/mol. The maximum Gasteiger partial charge on any atom is 0.332 e. The van der Waals surface area contributed by atoms with E-state index >= 15 is 0 Å². The van der Waals surface area contributed by atoms with Crippen LogP contribution in [-0.2, 0) is 20.7 Å². The van der Waals surface area contributed by atoms with Gasteiger partial charge in [0, 0.05) is 6.54 Å². The Kier molecular flexibility index (Phi) is 4.96. The lowest BCUT2D eigenvalue weighted by Crippen LogP contribution is -2.34. The molecule has 114 valence electrons. The highest BCUT2D eigenvalue weighted by Crippen LogP contribution is 2.19. The highest BCUT2D eigenvalue weighted by atomic mass is 16.5. The Labute approximate surface area is 124 Å². The molecule has 0 spiro atoms. The molecule has 2 unspecified atom stereocenters. The van der Waals surface area contributed by atoms with Crippen molar-refractivity contribution in [3.63, 3.8) is 0 Å². The zero-order chi connectivity index (χ0) is 15.4. The van der Waals surface area contributed by atoms with Gasteiger partial charge >= 0.3 is 5.97 Å². The molecule has 2 N–H and O–H groups in total. The number of aliphatic carboxylic acids is 1. The minimum atomic E-state index is -0.932. The van der Waals surface area contributed by atoms with Crippen LogP contribution >= 0.6 is 0 Å². The second-order valence-corrected chi connectivity index (χ2v) is 5.56. The molecule has 0 aromatic heterocycles. The lowest BCUT2D eigenvalue weighted by Gasteiger charge is -2.12. The maximum atomic E-state index is 11.9. The number of carboxylic acids is 1.